The topological polar surface area (TPSA) is 40.5 Å². The summed E-state index contributed by atoms with van der Waals surface area (Å²) in [7, 11) is 0. The summed E-state index contributed by atoms with van der Waals surface area (Å²) in [5, 5.41) is 9.89. The molecule has 0 aromatic heterocycles. The summed E-state index contributed by atoms with van der Waals surface area (Å²) in [6.07, 6.45) is 0. The molecule has 1 rings (SSSR count). The highest BCUT2D eigenvalue weighted by Crippen LogP contribution is 2.29. The molecule has 1 fully saturated rings. The van der Waals surface area contributed by atoms with Crippen molar-refractivity contribution in [3.8, 4) is 0 Å². The molecule has 1 aliphatic rings. The average Bonchev–Trinajstić information content (AvgIpc) is 1.96. The van der Waals surface area contributed by atoms with Gasteiger partial charge in [-0.1, -0.05) is 27.7 Å². The van der Waals surface area contributed by atoms with E-state index in [2.05, 4.69) is 0 Å². The lowest BCUT2D eigenvalue weighted by atomic mass is 9.82. The quantitative estimate of drug-likeness (QED) is 0.693. The van der Waals surface area contributed by atoms with Gasteiger partial charge in [0.05, 0.1) is 13.1 Å². The Morgan fingerprint density at radius 1 is 1.31 bits per heavy atom. The van der Waals surface area contributed by atoms with Crippen LogP contribution >= 0.6 is 0 Å². The fourth-order valence-electron chi connectivity index (χ4n) is 1.50. The highest BCUT2D eigenvalue weighted by atomic mass is 16.3. The molecule has 0 atom stereocenters. The zero-order valence-electron chi connectivity index (χ0n) is 8.87. The lowest BCUT2D eigenvalue weighted by Crippen LogP contribution is -2.66. The number of hydrogen-bond acceptors (Lipinski definition) is 2. The second-order valence-electron chi connectivity index (χ2n) is 4.61. The first kappa shape index (κ1) is 10.5. The molecule has 0 unspecified atom stereocenters. The summed E-state index contributed by atoms with van der Waals surface area (Å²) < 4.78 is 0. The molecule has 3 nitrogen and oxygen atoms in total. The van der Waals surface area contributed by atoms with Crippen LogP contribution in [0.5, 0.6) is 0 Å². The van der Waals surface area contributed by atoms with E-state index in [4.69, 9.17) is 0 Å². The van der Waals surface area contributed by atoms with Gasteiger partial charge >= 0.3 is 0 Å². The Bertz CT molecular complexity index is 205. The first-order valence-electron chi connectivity index (χ1n) is 4.88. The van der Waals surface area contributed by atoms with Crippen molar-refractivity contribution < 1.29 is 9.90 Å². The summed E-state index contributed by atoms with van der Waals surface area (Å²) in [5.74, 6) is 0.408. The number of carbonyl (C=O) groups excluding carboxylic acids is 1. The normalized spacial score (nSPS) is 20.7. The third kappa shape index (κ3) is 1.85. The van der Waals surface area contributed by atoms with E-state index in [1.165, 1.54) is 0 Å². The fraction of sp³-hybridized carbons (Fsp3) is 0.900. The maximum absolute atomic E-state index is 11.5. The Labute approximate surface area is 79.7 Å². The maximum Gasteiger partial charge on any atom is 0.225 e. The SMILES string of the molecule is CC(C)C(=O)N1CC(O)(C(C)C)C1. The number of amides is 1. The van der Waals surface area contributed by atoms with Crippen molar-refractivity contribution in [2.24, 2.45) is 11.8 Å². The van der Waals surface area contributed by atoms with Crippen molar-refractivity contribution in [2.75, 3.05) is 13.1 Å². The molecule has 1 N–H and O–H groups in total. The van der Waals surface area contributed by atoms with E-state index < -0.39 is 5.60 Å². The second-order valence-corrected chi connectivity index (χ2v) is 4.61. The maximum atomic E-state index is 11.5. The molecule has 1 saturated heterocycles. The monoisotopic (exact) mass is 185 g/mol. The van der Waals surface area contributed by atoms with Gasteiger partial charge in [0.1, 0.15) is 5.60 Å². The van der Waals surface area contributed by atoms with Gasteiger partial charge < -0.3 is 10.0 Å². The number of carbonyl (C=O) groups is 1. The van der Waals surface area contributed by atoms with Gasteiger partial charge in [-0.3, -0.25) is 4.79 Å². The van der Waals surface area contributed by atoms with E-state index in [0.29, 0.717) is 13.1 Å². The van der Waals surface area contributed by atoms with Crippen molar-refractivity contribution in [1.82, 2.24) is 4.90 Å². The third-order valence-corrected chi connectivity index (χ3v) is 2.81. The molecule has 0 bridgehead atoms. The van der Waals surface area contributed by atoms with E-state index in [1.54, 1.807) is 4.90 Å². The molecule has 1 aliphatic heterocycles. The lowest BCUT2D eigenvalue weighted by Gasteiger charge is -2.49. The van der Waals surface area contributed by atoms with Crippen molar-refractivity contribution in [1.29, 1.82) is 0 Å². The predicted molar refractivity (Wildman–Crippen MR) is 51.2 cm³/mol. The molecule has 0 aliphatic carbocycles. The Hall–Kier alpha value is -0.570. The first-order valence-corrected chi connectivity index (χ1v) is 4.88. The molecule has 0 aromatic carbocycles. The Morgan fingerprint density at radius 3 is 2.08 bits per heavy atom. The van der Waals surface area contributed by atoms with Crippen LogP contribution in [0.3, 0.4) is 0 Å². The minimum Gasteiger partial charge on any atom is -0.386 e. The number of rotatable bonds is 2. The highest BCUT2D eigenvalue weighted by molar-refractivity contribution is 5.79. The summed E-state index contributed by atoms with van der Waals surface area (Å²) in [6, 6.07) is 0. The first-order chi connectivity index (χ1) is 5.87. The van der Waals surface area contributed by atoms with Crippen LogP contribution in [-0.2, 0) is 4.79 Å². The van der Waals surface area contributed by atoms with Crippen LogP contribution in [0.15, 0.2) is 0 Å². The highest BCUT2D eigenvalue weighted by Gasteiger charge is 2.45. The van der Waals surface area contributed by atoms with Crippen LogP contribution in [0, 0.1) is 11.8 Å². The molecule has 1 amide bonds. The molecule has 0 saturated carbocycles. The molecule has 3 heteroatoms. The van der Waals surface area contributed by atoms with Gasteiger partial charge in [0.25, 0.3) is 0 Å². The van der Waals surface area contributed by atoms with E-state index in [-0.39, 0.29) is 17.7 Å². The van der Waals surface area contributed by atoms with Gasteiger partial charge in [-0.15, -0.1) is 0 Å². The second kappa shape index (κ2) is 3.29. The minimum atomic E-state index is -0.634. The largest absolute Gasteiger partial charge is 0.386 e. The Kier molecular flexibility index (Phi) is 2.66. The summed E-state index contributed by atoms with van der Waals surface area (Å²) >= 11 is 0. The Balaban J connectivity index is 2.45. The molecular weight excluding hydrogens is 166 g/mol. The summed E-state index contributed by atoms with van der Waals surface area (Å²) in [6.45, 7) is 8.74. The number of β-amino-alcohol motifs (C(OH)–C–C–N with tert-alkyl or cyclic N) is 1. The van der Waals surface area contributed by atoms with E-state index in [1.807, 2.05) is 27.7 Å². The summed E-state index contributed by atoms with van der Waals surface area (Å²) in [4.78, 5) is 13.2. The van der Waals surface area contributed by atoms with Crippen molar-refractivity contribution in [3.05, 3.63) is 0 Å². The molecule has 1 heterocycles. The fourth-order valence-corrected chi connectivity index (χ4v) is 1.50. The van der Waals surface area contributed by atoms with Gasteiger partial charge in [0, 0.05) is 5.92 Å². The van der Waals surface area contributed by atoms with Gasteiger partial charge in [-0.05, 0) is 5.92 Å². The smallest absolute Gasteiger partial charge is 0.225 e. The van der Waals surface area contributed by atoms with Crippen LogP contribution in [0.2, 0.25) is 0 Å². The van der Waals surface area contributed by atoms with E-state index in [0.717, 1.165) is 0 Å². The van der Waals surface area contributed by atoms with Crippen LogP contribution < -0.4 is 0 Å². The van der Waals surface area contributed by atoms with Crippen molar-refractivity contribution in [3.63, 3.8) is 0 Å². The third-order valence-electron chi connectivity index (χ3n) is 2.81. The van der Waals surface area contributed by atoms with Gasteiger partial charge in [0.2, 0.25) is 5.91 Å². The molecule has 0 aromatic rings. The molecular formula is C10H19NO2. The summed E-state index contributed by atoms with van der Waals surface area (Å²) in [5.41, 5.74) is -0.634. The number of aliphatic hydroxyl groups is 1. The zero-order chi connectivity index (χ0) is 10.2. The van der Waals surface area contributed by atoms with Gasteiger partial charge in [-0.2, -0.15) is 0 Å². The number of nitrogens with zero attached hydrogens (tertiary/aromatic N) is 1. The van der Waals surface area contributed by atoms with Gasteiger partial charge in [0.15, 0.2) is 0 Å². The van der Waals surface area contributed by atoms with Crippen molar-refractivity contribution in [2.45, 2.75) is 33.3 Å². The van der Waals surface area contributed by atoms with Crippen LogP contribution in [0.25, 0.3) is 0 Å². The lowest BCUT2D eigenvalue weighted by molar-refractivity contribution is -0.166. The van der Waals surface area contributed by atoms with Crippen molar-refractivity contribution >= 4 is 5.91 Å². The number of likely N-dealkylation sites (tertiary alicyclic amines) is 1. The zero-order valence-corrected chi connectivity index (χ0v) is 8.87. The standard InChI is InChI=1S/C10H19NO2/c1-7(2)9(12)11-5-10(13,6-11)8(3)4/h7-8,13H,5-6H2,1-4H3. The van der Waals surface area contributed by atoms with E-state index >= 15 is 0 Å². The van der Waals surface area contributed by atoms with Crippen LogP contribution in [0.4, 0.5) is 0 Å². The molecule has 0 radical (unpaired) electrons. The molecule has 76 valence electrons. The van der Waals surface area contributed by atoms with Crippen LogP contribution in [0.1, 0.15) is 27.7 Å². The molecule has 13 heavy (non-hydrogen) atoms. The van der Waals surface area contributed by atoms with Crippen LogP contribution in [-0.4, -0.2) is 34.6 Å². The van der Waals surface area contributed by atoms with E-state index in [9.17, 15) is 9.90 Å². The molecule has 0 spiro atoms. The number of hydrogen-bond donors (Lipinski definition) is 1. The predicted octanol–water partition coefficient (Wildman–Crippen LogP) is 0.872. The minimum absolute atomic E-state index is 0.0386. The van der Waals surface area contributed by atoms with Gasteiger partial charge in [-0.25, -0.2) is 0 Å². The average molecular weight is 185 g/mol. The Morgan fingerprint density at radius 2 is 1.77 bits per heavy atom.